The van der Waals surface area contributed by atoms with Crippen LogP contribution in [-0.4, -0.2) is 72.7 Å². The molecule has 2 aromatic carbocycles. The summed E-state index contributed by atoms with van der Waals surface area (Å²) in [6.07, 6.45) is 2.54. The number of para-hydroxylation sites is 1. The summed E-state index contributed by atoms with van der Waals surface area (Å²) in [6.45, 7) is 3.05. The van der Waals surface area contributed by atoms with Crippen LogP contribution >= 0.6 is 0 Å². The first-order valence-corrected chi connectivity index (χ1v) is 12.7. The molecule has 3 aromatic rings. The Morgan fingerprint density at radius 1 is 0.968 bits per heavy atom. The molecule has 31 heavy (non-hydrogen) atoms. The Bertz CT molecular complexity index is 1180. The highest BCUT2D eigenvalue weighted by Crippen LogP contribution is 2.30. The van der Waals surface area contributed by atoms with Crippen LogP contribution in [0.5, 0.6) is 0 Å². The van der Waals surface area contributed by atoms with Gasteiger partial charge in [0.1, 0.15) is 0 Å². The number of hydrogen-bond acceptors (Lipinski definition) is 5. The third-order valence-electron chi connectivity index (χ3n) is 6.66. The summed E-state index contributed by atoms with van der Waals surface area (Å²) in [4.78, 5) is 21.6. The van der Waals surface area contributed by atoms with E-state index in [-0.39, 0.29) is 23.6 Å². The van der Waals surface area contributed by atoms with Crippen molar-refractivity contribution in [2.75, 3.05) is 37.7 Å². The first kappa shape index (κ1) is 20.4. The first-order valence-electron chi connectivity index (χ1n) is 10.9. The zero-order valence-electron chi connectivity index (χ0n) is 17.4. The number of carbonyl (C=O) groups is 1. The number of hydrogen-bond donors (Lipinski definition) is 1. The van der Waals surface area contributed by atoms with E-state index in [9.17, 15) is 13.2 Å². The van der Waals surface area contributed by atoms with Gasteiger partial charge >= 0.3 is 0 Å². The van der Waals surface area contributed by atoms with Crippen molar-refractivity contribution < 1.29 is 13.2 Å². The lowest BCUT2D eigenvalue weighted by Gasteiger charge is -2.40. The number of benzene rings is 2. The predicted octanol–water partition coefficient (Wildman–Crippen LogP) is 2.90. The van der Waals surface area contributed by atoms with Crippen molar-refractivity contribution in [3.63, 3.8) is 0 Å². The Morgan fingerprint density at radius 2 is 1.68 bits per heavy atom. The Labute approximate surface area is 182 Å². The molecular formula is C24H27N3O3S. The number of H-pyrrole nitrogens is 1. The number of carbonyl (C=O) groups excluding carboxylic acids is 1. The van der Waals surface area contributed by atoms with Gasteiger partial charge in [-0.25, -0.2) is 8.42 Å². The van der Waals surface area contributed by atoms with Crippen molar-refractivity contribution in [1.29, 1.82) is 0 Å². The molecule has 0 spiro atoms. The number of sulfone groups is 1. The zero-order valence-corrected chi connectivity index (χ0v) is 18.2. The lowest BCUT2D eigenvalue weighted by molar-refractivity contribution is 0.0589. The monoisotopic (exact) mass is 437 g/mol. The van der Waals surface area contributed by atoms with E-state index in [1.807, 2.05) is 60.8 Å². The number of Topliss-reactive ketones (excluding diaryl/α,β-unsaturated/α-hetero) is 1. The largest absolute Gasteiger partial charge is 0.360 e. The smallest absolute Gasteiger partial charge is 0.186 e. The average Bonchev–Trinajstić information content (AvgIpc) is 3.38. The van der Waals surface area contributed by atoms with Gasteiger partial charge in [0.15, 0.2) is 15.6 Å². The van der Waals surface area contributed by atoms with Crippen molar-refractivity contribution in [2.24, 2.45) is 0 Å². The number of ketones is 1. The van der Waals surface area contributed by atoms with Gasteiger partial charge in [-0.3, -0.25) is 14.6 Å². The molecule has 2 aliphatic rings. The standard InChI is InChI=1S/C24H27N3O3S/c28-24(21-16-25-22-9-5-4-8-20(21)22)23(18-6-2-1-3-7-18)27-13-11-26(12-14-27)19-10-15-31(29,30)17-19/h1-9,16,19,23,25H,10-15,17H2/t19-,23+/m1/s1. The predicted molar refractivity (Wildman–Crippen MR) is 122 cm³/mol. The molecule has 0 bridgehead atoms. The molecule has 5 rings (SSSR count). The van der Waals surface area contributed by atoms with Gasteiger partial charge in [0.25, 0.3) is 0 Å². The summed E-state index contributed by atoms with van der Waals surface area (Å²) in [5.74, 6) is 0.660. The maximum atomic E-state index is 13.8. The molecule has 0 amide bonds. The van der Waals surface area contributed by atoms with Crippen molar-refractivity contribution in [2.45, 2.75) is 18.5 Å². The van der Waals surface area contributed by atoms with E-state index in [1.165, 1.54) is 0 Å². The van der Waals surface area contributed by atoms with Crippen LogP contribution in [0.4, 0.5) is 0 Å². The third-order valence-corrected chi connectivity index (χ3v) is 8.41. The van der Waals surface area contributed by atoms with Crippen molar-refractivity contribution >= 4 is 26.5 Å². The SMILES string of the molecule is O=C(c1c[nH]c2ccccc12)[C@H](c1ccccc1)N1CCN([C@@H]2CCS(=O)(=O)C2)CC1. The summed E-state index contributed by atoms with van der Waals surface area (Å²) in [7, 11) is -2.89. The van der Waals surface area contributed by atoms with Crippen LogP contribution in [0.15, 0.2) is 60.8 Å². The van der Waals surface area contributed by atoms with Gasteiger partial charge in [0, 0.05) is 54.9 Å². The lowest BCUT2D eigenvalue weighted by atomic mass is 9.95. The Kier molecular flexibility index (Phi) is 5.42. The molecule has 2 fully saturated rings. The van der Waals surface area contributed by atoms with Crippen molar-refractivity contribution in [1.82, 2.24) is 14.8 Å². The Hall–Kier alpha value is -2.48. The van der Waals surface area contributed by atoms with Crippen LogP contribution in [-0.2, 0) is 9.84 Å². The zero-order chi connectivity index (χ0) is 21.4. The van der Waals surface area contributed by atoms with Crippen LogP contribution in [0.25, 0.3) is 10.9 Å². The lowest BCUT2D eigenvalue weighted by Crippen LogP contribution is -2.52. The van der Waals surface area contributed by atoms with Crippen LogP contribution in [0.3, 0.4) is 0 Å². The molecule has 6 nitrogen and oxygen atoms in total. The molecule has 0 saturated carbocycles. The van der Waals surface area contributed by atoms with Crippen LogP contribution in [0.1, 0.15) is 28.4 Å². The van der Waals surface area contributed by atoms with Crippen LogP contribution in [0.2, 0.25) is 0 Å². The number of nitrogens with one attached hydrogen (secondary N) is 1. The quantitative estimate of drug-likeness (QED) is 0.622. The van der Waals surface area contributed by atoms with E-state index in [2.05, 4.69) is 14.8 Å². The minimum Gasteiger partial charge on any atom is -0.360 e. The molecule has 7 heteroatoms. The number of piperazine rings is 1. The highest BCUT2D eigenvalue weighted by molar-refractivity contribution is 7.91. The van der Waals surface area contributed by atoms with Gasteiger partial charge in [0.05, 0.1) is 17.5 Å². The molecule has 0 radical (unpaired) electrons. The normalized spacial score (nSPS) is 23.2. The Morgan fingerprint density at radius 3 is 2.39 bits per heavy atom. The number of rotatable bonds is 5. The second-order valence-corrected chi connectivity index (χ2v) is 10.8. The van der Waals surface area contributed by atoms with Gasteiger partial charge in [0.2, 0.25) is 0 Å². The fourth-order valence-electron chi connectivity index (χ4n) is 5.01. The summed E-state index contributed by atoms with van der Waals surface area (Å²) in [6, 6.07) is 17.6. The fraction of sp³-hybridized carbons (Fsp3) is 0.375. The molecule has 1 aromatic heterocycles. The van der Waals surface area contributed by atoms with E-state index < -0.39 is 9.84 Å². The van der Waals surface area contributed by atoms with E-state index in [4.69, 9.17) is 0 Å². The number of aromatic nitrogens is 1. The van der Waals surface area contributed by atoms with Crippen molar-refractivity contribution in [3.8, 4) is 0 Å². The summed E-state index contributed by atoms with van der Waals surface area (Å²) in [5, 5.41) is 0.947. The number of fused-ring (bicyclic) bond motifs is 1. The molecular weight excluding hydrogens is 410 g/mol. The van der Waals surface area contributed by atoms with Gasteiger partial charge in [-0.2, -0.15) is 0 Å². The highest BCUT2D eigenvalue weighted by atomic mass is 32.2. The van der Waals surface area contributed by atoms with Gasteiger partial charge in [-0.15, -0.1) is 0 Å². The molecule has 1 N–H and O–H groups in total. The molecule has 0 unspecified atom stereocenters. The molecule has 2 saturated heterocycles. The van der Waals surface area contributed by atoms with E-state index >= 15 is 0 Å². The third kappa shape index (κ3) is 4.05. The van der Waals surface area contributed by atoms with E-state index in [0.29, 0.717) is 11.3 Å². The maximum Gasteiger partial charge on any atom is 0.186 e. The van der Waals surface area contributed by atoms with E-state index in [0.717, 1.165) is 49.1 Å². The van der Waals surface area contributed by atoms with E-state index in [1.54, 1.807) is 0 Å². The summed E-state index contributed by atoms with van der Waals surface area (Å²) >= 11 is 0. The minimum atomic E-state index is -2.89. The summed E-state index contributed by atoms with van der Waals surface area (Å²) < 4.78 is 23.8. The molecule has 2 atom stereocenters. The molecule has 3 heterocycles. The minimum absolute atomic E-state index is 0.0977. The number of aromatic amines is 1. The molecule has 162 valence electrons. The summed E-state index contributed by atoms with van der Waals surface area (Å²) in [5.41, 5.74) is 2.67. The molecule has 2 aliphatic heterocycles. The topological polar surface area (TPSA) is 73.5 Å². The average molecular weight is 438 g/mol. The number of nitrogens with zero attached hydrogens (tertiary/aromatic N) is 2. The van der Waals surface area contributed by atoms with Gasteiger partial charge in [-0.05, 0) is 18.1 Å². The maximum absolute atomic E-state index is 13.8. The van der Waals surface area contributed by atoms with Crippen molar-refractivity contribution in [3.05, 3.63) is 71.9 Å². The highest BCUT2D eigenvalue weighted by Gasteiger charge is 2.37. The van der Waals surface area contributed by atoms with Gasteiger partial charge in [-0.1, -0.05) is 48.5 Å². The van der Waals surface area contributed by atoms with Gasteiger partial charge < -0.3 is 4.98 Å². The first-order chi connectivity index (χ1) is 15.0. The van der Waals surface area contributed by atoms with Crippen LogP contribution in [0, 0.1) is 0 Å². The molecule has 0 aliphatic carbocycles. The fourth-order valence-corrected chi connectivity index (χ4v) is 6.77. The second kappa shape index (κ2) is 8.22. The second-order valence-electron chi connectivity index (χ2n) is 8.55. The Balaban J connectivity index is 1.40. The van der Waals surface area contributed by atoms with Crippen LogP contribution < -0.4 is 0 Å².